The number of carbonyl (C=O) groups is 6. The third-order valence-electron chi connectivity index (χ3n) is 16.6. The van der Waals surface area contributed by atoms with Gasteiger partial charge in [0.2, 0.25) is 35.4 Å². The fourth-order valence-corrected chi connectivity index (χ4v) is 11.7. The van der Waals surface area contributed by atoms with Gasteiger partial charge >= 0.3 is 0 Å². The van der Waals surface area contributed by atoms with Crippen molar-refractivity contribution in [3.05, 3.63) is 70.8 Å². The van der Waals surface area contributed by atoms with Crippen LogP contribution in [0.4, 0.5) is 0 Å². The summed E-state index contributed by atoms with van der Waals surface area (Å²) in [4.78, 5) is 91.2. The van der Waals surface area contributed by atoms with Crippen LogP contribution in [-0.4, -0.2) is 183 Å². The highest BCUT2D eigenvalue weighted by Gasteiger charge is 2.46. The van der Waals surface area contributed by atoms with Crippen LogP contribution in [0.1, 0.15) is 127 Å². The quantitative estimate of drug-likeness (QED) is 0.0840. The number of rotatable bonds is 24. The van der Waals surface area contributed by atoms with Crippen LogP contribution in [0.5, 0.6) is 0 Å². The highest BCUT2D eigenvalue weighted by Crippen LogP contribution is 2.33. The minimum Gasteiger partial charge on any atom is -0.376 e. The molecule has 3 heterocycles. The third kappa shape index (κ3) is 15.2. The van der Waals surface area contributed by atoms with E-state index in [9.17, 15) is 28.8 Å². The molecular formula is C58H90N10O8. The van der Waals surface area contributed by atoms with E-state index < -0.39 is 36.3 Å². The van der Waals surface area contributed by atoms with Gasteiger partial charge in [-0.15, -0.1) is 0 Å². The highest BCUT2D eigenvalue weighted by atomic mass is 16.5. The number of benzene rings is 2. The molecule has 4 unspecified atom stereocenters. The zero-order valence-corrected chi connectivity index (χ0v) is 46.7. The van der Waals surface area contributed by atoms with E-state index in [2.05, 4.69) is 66.0 Å². The van der Waals surface area contributed by atoms with Gasteiger partial charge in [-0.1, -0.05) is 76.2 Å². The SMILES string of the molecule is CNC(C)C(=O)NC(C(=O)N1C[C@@H](OCCCN2CCN(CCCO[C@H]3C[C@@H](C(=O)N[C@@H]4CCCc5ccccc54)N(C(=O)C(NC(=O)C(C)NC)C(C)C)C3)CC2)C[C@H]1C(=O)N[C@@H]1CCCc2ccccc21)C(C)C. The molecule has 2 aromatic carbocycles. The first-order valence-corrected chi connectivity index (χ1v) is 28.6. The number of piperazine rings is 1. The second-order valence-electron chi connectivity index (χ2n) is 22.6. The minimum atomic E-state index is -0.787. The molecule has 18 nitrogen and oxygen atoms in total. The predicted octanol–water partition coefficient (Wildman–Crippen LogP) is 3.24. The van der Waals surface area contributed by atoms with Crippen molar-refractivity contribution in [2.45, 2.75) is 166 Å². The van der Waals surface area contributed by atoms with Crippen LogP contribution in [0.3, 0.4) is 0 Å². The van der Waals surface area contributed by atoms with Gasteiger partial charge in [0, 0.05) is 78.4 Å². The van der Waals surface area contributed by atoms with Gasteiger partial charge in [-0.2, -0.15) is 0 Å². The molecule has 0 bridgehead atoms. The summed E-state index contributed by atoms with van der Waals surface area (Å²) in [6.45, 7) is 18.1. The Kier molecular flexibility index (Phi) is 21.7. The van der Waals surface area contributed by atoms with Gasteiger partial charge in [-0.3, -0.25) is 28.8 Å². The third-order valence-corrected chi connectivity index (χ3v) is 16.6. The van der Waals surface area contributed by atoms with Gasteiger partial charge in [0.15, 0.2) is 0 Å². The molecule has 2 aliphatic carbocycles. The van der Waals surface area contributed by atoms with Crippen LogP contribution in [0.2, 0.25) is 0 Å². The number of ether oxygens (including phenoxy) is 2. The maximum absolute atomic E-state index is 14.3. The largest absolute Gasteiger partial charge is 0.376 e. The summed E-state index contributed by atoms with van der Waals surface area (Å²) < 4.78 is 12.9. The first-order chi connectivity index (χ1) is 36.6. The molecule has 6 amide bonds. The molecule has 18 heteroatoms. The first kappa shape index (κ1) is 58.7. The Labute approximate surface area is 452 Å². The van der Waals surface area contributed by atoms with E-state index in [0.717, 1.165) is 102 Å². The van der Waals surface area contributed by atoms with Crippen molar-refractivity contribution in [2.75, 3.05) is 79.7 Å². The molecular weight excluding hydrogens is 965 g/mol. The van der Waals surface area contributed by atoms with Gasteiger partial charge < -0.3 is 61.0 Å². The normalized spacial score (nSPS) is 24.6. The van der Waals surface area contributed by atoms with Crippen molar-refractivity contribution in [3.8, 4) is 0 Å². The van der Waals surface area contributed by atoms with Crippen LogP contribution < -0.4 is 31.9 Å². The van der Waals surface area contributed by atoms with Crippen molar-refractivity contribution in [1.82, 2.24) is 51.5 Å². The summed E-state index contributed by atoms with van der Waals surface area (Å²) in [6, 6.07) is 12.3. The van der Waals surface area contributed by atoms with Gasteiger partial charge in [-0.05, 0) is 113 Å². The maximum Gasteiger partial charge on any atom is 0.246 e. The number of fused-ring (bicyclic) bond motifs is 2. The molecule has 5 aliphatic rings. The molecule has 6 N–H and O–H groups in total. The molecule has 420 valence electrons. The number of nitrogens with zero attached hydrogens (tertiary/aromatic N) is 4. The molecule has 7 rings (SSSR count). The van der Waals surface area contributed by atoms with Gasteiger partial charge in [0.25, 0.3) is 0 Å². The molecule has 0 aromatic heterocycles. The van der Waals surface area contributed by atoms with Crippen molar-refractivity contribution in [2.24, 2.45) is 11.8 Å². The van der Waals surface area contributed by atoms with Crippen molar-refractivity contribution < 1.29 is 38.2 Å². The van der Waals surface area contributed by atoms with Gasteiger partial charge in [0.05, 0.1) is 36.4 Å². The van der Waals surface area contributed by atoms with E-state index >= 15 is 0 Å². The Morgan fingerprint density at radius 3 is 1.32 bits per heavy atom. The number of nitrogens with one attached hydrogen (secondary N) is 6. The monoisotopic (exact) mass is 1050 g/mol. The fraction of sp³-hybridized carbons (Fsp3) is 0.690. The Balaban J connectivity index is 0.868. The van der Waals surface area contributed by atoms with Crippen LogP contribution in [0.15, 0.2) is 48.5 Å². The lowest BCUT2D eigenvalue weighted by Gasteiger charge is -2.34. The van der Waals surface area contributed by atoms with E-state index in [1.807, 2.05) is 52.0 Å². The van der Waals surface area contributed by atoms with E-state index in [0.29, 0.717) is 26.1 Å². The van der Waals surface area contributed by atoms with E-state index in [1.54, 1.807) is 37.7 Å². The number of likely N-dealkylation sites (N-methyl/N-ethyl adjacent to an activating group) is 2. The van der Waals surface area contributed by atoms with E-state index in [-0.39, 0.29) is 84.7 Å². The Bertz CT molecular complexity index is 2120. The van der Waals surface area contributed by atoms with Gasteiger partial charge in [-0.25, -0.2) is 0 Å². The molecule has 0 saturated carbocycles. The van der Waals surface area contributed by atoms with Crippen LogP contribution in [0.25, 0.3) is 0 Å². The number of hydrogen-bond acceptors (Lipinski definition) is 12. The molecule has 10 atom stereocenters. The molecule has 0 radical (unpaired) electrons. The van der Waals surface area contributed by atoms with Crippen molar-refractivity contribution >= 4 is 35.4 Å². The number of likely N-dealkylation sites (tertiary alicyclic amines) is 2. The average Bonchev–Trinajstić information content (AvgIpc) is 4.07. The summed E-state index contributed by atoms with van der Waals surface area (Å²) >= 11 is 0. The molecule has 0 spiro atoms. The lowest BCUT2D eigenvalue weighted by atomic mass is 9.87. The van der Waals surface area contributed by atoms with Crippen molar-refractivity contribution in [3.63, 3.8) is 0 Å². The van der Waals surface area contributed by atoms with Crippen LogP contribution in [-0.2, 0) is 51.1 Å². The fourth-order valence-electron chi connectivity index (χ4n) is 11.7. The Hall–Kier alpha value is -4.98. The van der Waals surface area contributed by atoms with E-state index in [4.69, 9.17) is 9.47 Å². The first-order valence-electron chi connectivity index (χ1n) is 28.6. The van der Waals surface area contributed by atoms with E-state index in [1.165, 1.54) is 11.1 Å². The number of aryl methyl sites for hydroxylation is 2. The number of hydrogen-bond donors (Lipinski definition) is 6. The molecule has 3 aliphatic heterocycles. The average molecular weight is 1060 g/mol. The summed E-state index contributed by atoms with van der Waals surface area (Å²) in [5.74, 6) is -1.82. The zero-order chi connectivity index (χ0) is 54.5. The Morgan fingerprint density at radius 1 is 0.566 bits per heavy atom. The second-order valence-corrected chi connectivity index (χ2v) is 22.6. The highest BCUT2D eigenvalue weighted by molar-refractivity contribution is 5.95. The maximum atomic E-state index is 14.3. The molecule has 3 fully saturated rings. The summed E-state index contributed by atoms with van der Waals surface area (Å²) in [7, 11) is 3.41. The molecule has 76 heavy (non-hydrogen) atoms. The van der Waals surface area contributed by atoms with Crippen LogP contribution >= 0.6 is 0 Å². The number of amides is 6. The second kappa shape index (κ2) is 28.1. The smallest absolute Gasteiger partial charge is 0.246 e. The van der Waals surface area contributed by atoms with Gasteiger partial charge in [0.1, 0.15) is 24.2 Å². The van der Waals surface area contributed by atoms with Crippen molar-refractivity contribution in [1.29, 1.82) is 0 Å². The lowest BCUT2D eigenvalue weighted by molar-refractivity contribution is -0.143. The predicted molar refractivity (Wildman–Crippen MR) is 293 cm³/mol. The standard InChI is InChI=1S/C58H90N10O8/c1-37(2)51(63-53(69)39(5)59-7)57(73)67-35-43(33-49(67)55(71)61-47-23-13-19-41-17-9-11-21-45(41)47)75-31-15-25-65-27-29-66(30-28-65)26-16-32-76-44-34-50(56(72)62-48-24-14-20-42-18-10-12-22-46(42)48)68(36-44)58(74)52(38(3)4)64-54(70)40(6)60-8/h9-12,17-18,21-22,37-40,43-44,47-52,59-60H,13-16,19-20,23-36H2,1-8H3,(H,61,71)(H,62,72)(H,63,69)(H,64,70)/t39?,40?,43-,44-,47+,48+,49-,50-,51?,52?/m0/s1. The number of carbonyl (C=O) groups excluding carboxylic acids is 6. The molecule has 3 saturated heterocycles. The summed E-state index contributed by atoms with van der Waals surface area (Å²) in [5.41, 5.74) is 4.76. The summed E-state index contributed by atoms with van der Waals surface area (Å²) in [6.07, 6.45) is 7.36. The summed E-state index contributed by atoms with van der Waals surface area (Å²) in [5, 5.41) is 18.4. The minimum absolute atomic E-state index is 0.124. The lowest BCUT2D eigenvalue weighted by Crippen LogP contribution is -2.57. The van der Waals surface area contributed by atoms with Crippen LogP contribution in [0, 0.1) is 11.8 Å². The topological polar surface area (TPSA) is 206 Å². The molecule has 2 aromatic rings. The Morgan fingerprint density at radius 2 is 0.947 bits per heavy atom. The zero-order valence-electron chi connectivity index (χ0n) is 46.7.